The van der Waals surface area contributed by atoms with E-state index in [0.717, 1.165) is 17.9 Å². The molecule has 0 aromatic rings. The summed E-state index contributed by atoms with van der Waals surface area (Å²) in [5.41, 5.74) is 0. The van der Waals surface area contributed by atoms with Gasteiger partial charge < -0.3 is 10.2 Å². The van der Waals surface area contributed by atoms with Gasteiger partial charge in [-0.05, 0) is 77.0 Å². The highest BCUT2D eigenvalue weighted by Crippen LogP contribution is 2.38. The molecule has 16 heavy (non-hydrogen) atoms. The number of hydrogen-bond acceptors (Lipinski definition) is 2. The largest absolute Gasteiger partial charge is 0.320 e. The predicted octanol–water partition coefficient (Wildman–Crippen LogP) is 2.50. The second-order valence-corrected chi connectivity index (χ2v) is 5.68. The molecule has 2 heteroatoms. The van der Waals surface area contributed by atoms with Crippen LogP contribution in [0.4, 0.5) is 0 Å². The molecule has 1 aliphatic heterocycles. The first-order chi connectivity index (χ1) is 7.85. The van der Waals surface area contributed by atoms with Gasteiger partial charge in [0, 0.05) is 6.04 Å². The second-order valence-electron chi connectivity index (χ2n) is 5.68. The SMILES string of the molecule is CCC(C1CC1)N1CCC(CCNC)CC1. The predicted molar refractivity (Wildman–Crippen MR) is 69.6 cm³/mol. The molecule has 2 nitrogen and oxygen atoms in total. The topological polar surface area (TPSA) is 15.3 Å². The van der Waals surface area contributed by atoms with E-state index in [9.17, 15) is 0 Å². The van der Waals surface area contributed by atoms with Crippen LogP contribution in [0, 0.1) is 11.8 Å². The fourth-order valence-electron chi connectivity index (χ4n) is 3.29. The Morgan fingerprint density at radius 3 is 2.38 bits per heavy atom. The van der Waals surface area contributed by atoms with Gasteiger partial charge in [0.1, 0.15) is 0 Å². The summed E-state index contributed by atoms with van der Waals surface area (Å²) in [6, 6.07) is 0.922. The summed E-state index contributed by atoms with van der Waals surface area (Å²) in [5.74, 6) is 2.04. The molecule has 1 N–H and O–H groups in total. The molecule has 1 saturated heterocycles. The van der Waals surface area contributed by atoms with Crippen molar-refractivity contribution in [1.29, 1.82) is 0 Å². The van der Waals surface area contributed by atoms with Gasteiger partial charge >= 0.3 is 0 Å². The van der Waals surface area contributed by atoms with Crippen molar-refractivity contribution >= 4 is 0 Å². The molecule has 1 unspecified atom stereocenters. The zero-order valence-corrected chi connectivity index (χ0v) is 11.0. The molecule has 1 atom stereocenters. The Hall–Kier alpha value is -0.0800. The molecule has 0 aromatic carbocycles. The standard InChI is InChI=1S/C14H28N2/c1-3-14(13-4-5-13)16-10-7-12(8-11-16)6-9-15-2/h12-15H,3-11H2,1-2H3. The smallest absolute Gasteiger partial charge is 0.0121 e. The molecule has 0 spiro atoms. The van der Waals surface area contributed by atoms with Crippen LogP contribution >= 0.6 is 0 Å². The average Bonchev–Trinajstić information content (AvgIpc) is 3.13. The molecule has 2 fully saturated rings. The van der Waals surface area contributed by atoms with E-state index in [2.05, 4.69) is 24.2 Å². The van der Waals surface area contributed by atoms with Gasteiger partial charge in [0.2, 0.25) is 0 Å². The van der Waals surface area contributed by atoms with E-state index in [1.807, 2.05) is 0 Å². The van der Waals surface area contributed by atoms with Crippen molar-refractivity contribution in [1.82, 2.24) is 10.2 Å². The van der Waals surface area contributed by atoms with E-state index in [1.54, 1.807) is 0 Å². The van der Waals surface area contributed by atoms with Gasteiger partial charge in [-0.25, -0.2) is 0 Å². The lowest BCUT2D eigenvalue weighted by molar-refractivity contribution is 0.113. The quantitative estimate of drug-likeness (QED) is 0.746. The fourth-order valence-corrected chi connectivity index (χ4v) is 3.29. The maximum absolute atomic E-state index is 3.27. The number of nitrogens with one attached hydrogen (secondary N) is 1. The number of likely N-dealkylation sites (tertiary alicyclic amines) is 1. The van der Waals surface area contributed by atoms with Crippen LogP contribution in [-0.4, -0.2) is 37.6 Å². The van der Waals surface area contributed by atoms with Crippen LogP contribution in [-0.2, 0) is 0 Å². The van der Waals surface area contributed by atoms with Crippen LogP contribution in [0.2, 0.25) is 0 Å². The van der Waals surface area contributed by atoms with Gasteiger partial charge in [0.25, 0.3) is 0 Å². The minimum absolute atomic E-state index is 0.922. The zero-order valence-electron chi connectivity index (χ0n) is 11.0. The summed E-state index contributed by atoms with van der Waals surface area (Å²) < 4.78 is 0. The molecule has 0 amide bonds. The van der Waals surface area contributed by atoms with Gasteiger partial charge in [0.15, 0.2) is 0 Å². The van der Waals surface area contributed by atoms with E-state index in [-0.39, 0.29) is 0 Å². The van der Waals surface area contributed by atoms with Gasteiger partial charge in [-0.1, -0.05) is 6.92 Å². The summed E-state index contributed by atoms with van der Waals surface area (Å²) in [6.45, 7) is 6.30. The third kappa shape index (κ3) is 3.21. The Morgan fingerprint density at radius 2 is 1.88 bits per heavy atom. The number of hydrogen-bond donors (Lipinski definition) is 1. The Labute approximate surface area is 101 Å². The molecule has 1 aliphatic carbocycles. The van der Waals surface area contributed by atoms with E-state index in [0.29, 0.717) is 0 Å². The molecular formula is C14H28N2. The summed E-state index contributed by atoms with van der Waals surface area (Å²) >= 11 is 0. The maximum atomic E-state index is 3.27. The number of rotatable bonds is 6. The van der Waals surface area contributed by atoms with Crippen molar-refractivity contribution in [3.63, 3.8) is 0 Å². The van der Waals surface area contributed by atoms with Gasteiger partial charge in [-0.15, -0.1) is 0 Å². The fraction of sp³-hybridized carbons (Fsp3) is 1.00. The van der Waals surface area contributed by atoms with Crippen molar-refractivity contribution in [3.05, 3.63) is 0 Å². The average molecular weight is 224 g/mol. The van der Waals surface area contributed by atoms with Crippen LogP contribution in [0.1, 0.15) is 45.4 Å². The van der Waals surface area contributed by atoms with Crippen molar-refractivity contribution in [2.75, 3.05) is 26.7 Å². The zero-order chi connectivity index (χ0) is 11.4. The van der Waals surface area contributed by atoms with Crippen LogP contribution in [0.3, 0.4) is 0 Å². The lowest BCUT2D eigenvalue weighted by Crippen LogP contribution is -2.42. The third-order valence-corrected chi connectivity index (χ3v) is 4.51. The molecule has 2 rings (SSSR count). The van der Waals surface area contributed by atoms with E-state index in [1.165, 1.54) is 58.2 Å². The number of nitrogens with zero attached hydrogens (tertiary/aromatic N) is 1. The first-order valence-corrected chi connectivity index (χ1v) is 7.23. The van der Waals surface area contributed by atoms with Gasteiger partial charge in [0.05, 0.1) is 0 Å². The third-order valence-electron chi connectivity index (χ3n) is 4.51. The first-order valence-electron chi connectivity index (χ1n) is 7.23. The molecular weight excluding hydrogens is 196 g/mol. The summed E-state index contributed by atoms with van der Waals surface area (Å²) in [4.78, 5) is 2.79. The molecule has 1 saturated carbocycles. The highest BCUT2D eigenvalue weighted by atomic mass is 15.2. The minimum Gasteiger partial charge on any atom is -0.320 e. The first kappa shape index (κ1) is 12.4. The highest BCUT2D eigenvalue weighted by molar-refractivity contribution is 4.89. The van der Waals surface area contributed by atoms with Crippen LogP contribution < -0.4 is 5.32 Å². The van der Waals surface area contributed by atoms with Crippen molar-refractivity contribution in [3.8, 4) is 0 Å². The molecule has 0 radical (unpaired) electrons. The molecule has 2 aliphatic rings. The molecule has 94 valence electrons. The molecule has 0 aromatic heterocycles. The van der Waals surface area contributed by atoms with Crippen LogP contribution in [0.25, 0.3) is 0 Å². The summed E-state index contributed by atoms with van der Waals surface area (Å²) in [6.07, 6.45) is 8.61. The summed E-state index contributed by atoms with van der Waals surface area (Å²) in [5, 5.41) is 3.27. The maximum Gasteiger partial charge on any atom is 0.0121 e. The van der Waals surface area contributed by atoms with Gasteiger partial charge in [-0.2, -0.15) is 0 Å². The summed E-state index contributed by atoms with van der Waals surface area (Å²) in [7, 11) is 2.06. The van der Waals surface area contributed by atoms with E-state index < -0.39 is 0 Å². The Bertz CT molecular complexity index is 193. The van der Waals surface area contributed by atoms with Crippen LogP contribution in [0.5, 0.6) is 0 Å². The Kier molecular flexibility index (Phi) is 4.66. The van der Waals surface area contributed by atoms with Crippen molar-refractivity contribution in [2.45, 2.75) is 51.5 Å². The van der Waals surface area contributed by atoms with E-state index >= 15 is 0 Å². The monoisotopic (exact) mass is 224 g/mol. The Balaban J connectivity index is 1.71. The lowest BCUT2D eigenvalue weighted by Gasteiger charge is -2.37. The number of piperidine rings is 1. The van der Waals surface area contributed by atoms with Crippen molar-refractivity contribution in [2.24, 2.45) is 11.8 Å². The highest BCUT2D eigenvalue weighted by Gasteiger charge is 2.35. The normalized spacial score (nSPS) is 25.9. The minimum atomic E-state index is 0.922. The van der Waals surface area contributed by atoms with Gasteiger partial charge in [-0.3, -0.25) is 0 Å². The molecule has 1 heterocycles. The van der Waals surface area contributed by atoms with Crippen LogP contribution in [0.15, 0.2) is 0 Å². The van der Waals surface area contributed by atoms with Crippen molar-refractivity contribution < 1.29 is 0 Å². The lowest BCUT2D eigenvalue weighted by atomic mass is 9.91. The second kappa shape index (κ2) is 6.02. The Morgan fingerprint density at radius 1 is 1.19 bits per heavy atom. The van der Waals surface area contributed by atoms with E-state index in [4.69, 9.17) is 0 Å². The molecule has 0 bridgehead atoms.